The molecule has 18 heavy (non-hydrogen) atoms. The van der Waals surface area contributed by atoms with Crippen LogP contribution in [0.5, 0.6) is 5.75 Å². The third-order valence-corrected chi connectivity index (χ3v) is 3.46. The van der Waals surface area contributed by atoms with Gasteiger partial charge in [-0.25, -0.2) is 4.98 Å². The van der Waals surface area contributed by atoms with Crippen LogP contribution in [-0.4, -0.2) is 11.0 Å². The fourth-order valence-electron chi connectivity index (χ4n) is 1.35. The van der Waals surface area contributed by atoms with Crippen molar-refractivity contribution < 1.29 is 9.53 Å². The van der Waals surface area contributed by atoms with Crippen molar-refractivity contribution in [2.45, 2.75) is 13.3 Å². The number of rotatable bonds is 3. The SMILES string of the molecule is Cc1nc(CC(=O)Oc2ccc(Cl)cc2Cl)cs1. The molecule has 2 rings (SSSR count). The van der Waals surface area contributed by atoms with Crippen molar-refractivity contribution >= 4 is 40.5 Å². The van der Waals surface area contributed by atoms with E-state index in [-0.39, 0.29) is 6.42 Å². The first-order chi connectivity index (χ1) is 8.54. The lowest BCUT2D eigenvalue weighted by Crippen LogP contribution is -2.11. The third kappa shape index (κ3) is 3.45. The Morgan fingerprint density at radius 2 is 2.22 bits per heavy atom. The van der Waals surface area contributed by atoms with E-state index in [9.17, 15) is 4.79 Å². The van der Waals surface area contributed by atoms with Crippen LogP contribution in [0.1, 0.15) is 10.7 Å². The van der Waals surface area contributed by atoms with Crippen LogP contribution in [0, 0.1) is 6.92 Å². The van der Waals surface area contributed by atoms with E-state index in [0.29, 0.717) is 21.5 Å². The van der Waals surface area contributed by atoms with Crippen molar-refractivity contribution in [1.29, 1.82) is 0 Å². The van der Waals surface area contributed by atoms with Crippen molar-refractivity contribution in [3.05, 3.63) is 44.3 Å². The lowest BCUT2D eigenvalue weighted by molar-refractivity contribution is -0.133. The molecule has 0 unspecified atom stereocenters. The Bertz CT molecular complexity index is 583. The highest BCUT2D eigenvalue weighted by Crippen LogP contribution is 2.27. The van der Waals surface area contributed by atoms with Gasteiger partial charge in [-0.2, -0.15) is 0 Å². The third-order valence-electron chi connectivity index (χ3n) is 2.11. The molecule has 1 aromatic carbocycles. The Kier molecular flexibility index (Phi) is 4.22. The molecule has 0 aliphatic rings. The van der Waals surface area contributed by atoms with Gasteiger partial charge < -0.3 is 4.74 Å². The van der Waals surface area contributed by atoms with Gasteiger partial charge in [-0.1, -0.05) is 23.2 Å². The van der Waals surface area contributed by atoms with Crippen LogP contribution in [0.3, 0.4) is 0 Å². The van der Waals surface area contributed by atoms with Crippen molar-refractivity contribution in [3.8, 4) is 5.75 Å². The first-order valence-electron chi connectivity index (χ1n) is 5.11. The molecule has 94 valence electrons. The smallest absolute Gasteiger partial charge is 0.317 e. The highest BCUT2D eigenvalue weighted by Gasteiger charge is 2.11. The maximum atomic E-state index is 11.7. The molecule has 0 N–H and O–H groups in total. The van der Waals surface area contributed by atoms with Crippen molar-refractivity contribution in [3.63, 3.8) is 0 Å². The number of benzene rings is 1. The average molecular weight is 302 g/mol. The number of thiazole rings is 1. The number of halogens is 2. The van der Waals surface area contributed by atoms with Gasteiger partial charge in [-0.3, -0.25) is 4.79 Å². The molecule has 0 aliphatic heterocycles. The fourth-order valence-corrected chi connectivity index (χ4v) is 2.41. The number of aryl methyl sites for hydroxylation is 1. The summed E-state index contributed by atoms with van der Waals surface area (Å²) in [5.41, 5.74) is 0.701. The molecule has 2 aromatic rings. The highest BCUT2D eigenvalue weighted by molar-refractivity contribution is 7.09. The topological polar surface area (TPSA) is 39.2 Å². The molecule has 0 atom stereocenters. The summed E-state index contributed by atoms with van der Waals surface area (Å²) in [5.74, 6) is -0.0949. The van der Waals surface area contributed by atoms with Crippen molar-refractivity contribution in [1.82, 2.24) is 4.98 Å². The summed E-state index contributed by atoms with van der Waals surface area (Å²) in [4.78, 5) is 15.9. The van der Waals surface area contributed by atoms with Gasteiger partial charge >= 0.3 is 5.97 Å². The standard InChI is InChI=1S/C12H9Cl2NO2S/c1-7-15-9(6-18-7)5-12(16)17-11-3-2-8(13)4-10(11)14/h2-4,6H,5H2,1H3. The number of ether oxygens (including phenoxy) is 1. The summed E-state index contributed by atoms with van der Waals surface area (Å²) >= 11 is 13.2. The summed E-state index contributed by atoms with van der Waals surface area (Å²) < 4.78 is 5.15. The molecule has 0 radical (unpaired) electrons. The van der Waals surface area contributed by atoms with E-state index in [1.807, 2.05) is 12.3 Å². The Labute approximate surface area is 118 Å². The average Bonchev–Trinajstić information content (AvgIpc) is 2.68. The first kappa shape index (κ1) is 13.3. The largest absolute Gasteiger partial charge is 0.425 e. The molecule has 0 bridgehead atoms. The van der Waals surface area contributed by atoms with Gasteiger partial charge in [0.2, 0.25) is 0 Å². The van der Waals surface area contributed by atoms with Crippen molar-refractivity contribution in [2.75, 3.05) is 0 Å². The number of aromatic nitrogens is 1. The second kappa shape index (κ2) is 5.69. The number of carbonyl (C=O) groups excluding carboxylic acids is 1. The molecular weight excluding hydrogens is 293 g/mol. The molecule has 0 saturated heterocycles. The molecule has 0 spiro atoms. The van der Waals surface area contributed by atoms with E-state index in [1.165, 1.54) is 17.4 Å². The predicted octanol–water partition coefficient (Wildman–Crippen LogP) is 3.91. The van der Waals surface area contributed by atoms with Gasteiger partial charge in [0.25, 0.3) is 0 Å². The predicted molar refractivity (Wildman–Crippen MR) is 72.7 cm³/mol. The fraction of sp³-hybridized carbons (Fsp3) is 0.167. The maximum absolute atomic E-state index is 11.7. The molecule has 0 saturated carbocycles. The Morgan fingerprint density at radius 3 is 2.83 bits per heavy atom. The first-order valence-corrected chi connectivity index (χ1v) is 6.75. The molecule has 0 amide bonds. The van der Waals surface area contributed by atoms with Crippen LogP contribution in [0.2, 0.25) is 10.0 Å². The summed E-state index contributed by atoms with van der Waals surface area (Å²) in [6.45, 7) is 1.88. The lowest BCUT2D eigenvalue weighted by Gasteiger charge is -2.05. The van der Waals surface area contributed by atoms with E-state index >= 15 is 0 Å². The molecular formula is C12H9Cl2NO2S. The second-order valence-electron chi connectivity index (χ2n) is 3.58. The van der Waals surface area contributed by atoms with Gasteiger partial charge in [0.15, 0.2) is 0 Å². The molecule has 0 aliphatic carbocycles. The van der Waals surface area contributed by atoms with Crippen molar-refractivity contribution in [2.24, 2.45) is 0 Å². The number of esters is 1. The lowest BCUT2D eigenvalue weighted by atomic mass is 10.3. The van der Waals surface area contributed by atoms with E-state index in [0.717, 1.165) is 5.01 Å². The van der Waals surface area contributed by atoms with Crippen LogP contribution in [0.15, 0.2) is 23.6 Å². The number of hydrogen-bond donors (Lipinski definition) is 0. The zero-order chi connectivity index (χ0) is 13.1. The molecule has 0 fully saturated rings. The number of hydrogen-bond acceptors (Lipinski definition) is 4. The van der Waals surface area contributed by atoms with E-state index in [2.05, 4.69) is 4.98 Å². The van der Waals surface area contributed by atoms with Crippen LogP contribution >= 0.6 is 34.5 Å². The van der Waals surface area contributed by atoms with E-state index < -0.39 is 5.97 Å². The van der Waals surface area contributed by atoms with Gasteiger partial charge in [0.05, 0.1) is 22.1 Å². The van der Waals surface area contributed by atoms with E-state index in [1.54, 1.807) is 12.1 Å². The maximum Gasteiger partial charge on any atom is 0.317 e. The van der Waals surface area contributed by atoms with Gasteiger partial charge in [-0.05, 0) is 25.1 Å². The number of carbonyl (C=O) groups is 1. The zero-order valence-electron chi connectivity index (χ0n) is 9.44. The van der Waals surface area contributed by atoms with Gasteiger partial charge in [0.1, 0.15) is 5.75 Å². The summed E-state index contributed by atoms with van der Waals surface area (Å²) in [6.07, 6.45) is 0.128. The quantitative estimate of drug-likeness (QED) is 0.637. The van der Waals surface area contributed by atoms with Crippen LogP contribution in [0.25, 0.3) is 0 Å². The minimum absolute atomic E-state index is 0.128. The minimum Gasteiger partial charge on any atom is -0.425 e. The Hall–Kier alpha value is -1.10. The van der Waals surface area contributed by atoms with Gasteiger partial charge in [-0.15, -0.1) is 11.3 Å². The molecule has 3 nitrogen and oxygen atoms in total. The minimum atomic E-state index is -0.399. The summed E-state index contributed by atoms with van der Waals surface area (Å²) in [7, 11) is 0. The van der Waals surface area contributed by atoms with Crippen LogP contribution < -0.4 is 4.74 Å². The second-order valence-corrected chi connectivity index (χ2v) is 5.49. The zero-order valence-corrected chi connectivity index (χ0v) is 11.8. The molecule has 1 heterocycles. The molecule has 1 aromatic heterocycles. The van der Waals surface area contributed by atoms with Crippen LogP contribution in [-0.2, 0) is 11.2 Å². The number of nitrogens with zero attached hydrogens (tertiary/aromatic N) is 1. The summed E-state index contributed by atoms with van der Waals surface area (Å²) in [5, 5.41) is 3.56. The highest BCUT2D eigenvalue weighted by atomic mass is 35.5. The molecule has 6 heteroatoms. The summed E-state index contributed by atoms with van der Waals surface area (Å²) in [6, 6.07) is 4.70. The van der Waals surface area contributed by atoms with Gasteiger partial charge in [0, 0.05) is 10.4 Å². The normalized spacial score (nSPS) is 10.4. The van der Waals surface area contributed by atoms with E-state index in [4.69, 9.17) is 27.9 Å². The Morgan fingerprint density at radius 1 is 1.44 bits per heavy atom. The monoisotopic (exact) mass is 301 g/mol. The van der Waals surface area contributed by atoms with Crippen LogP contribution in [0.4, 0.5) is 0 Å². The Balaban J connectivity index is 2.03.